The highest BCUT2D eigenvalue weighted by molar-refractivity contribution is 6.10. The highest BCUT2D eigenvalue weighted by Gasteiger charge is 2.16. The van der Waals surface area contributed by atoms with E-state index in [4.69, 9.17) is 9.47 Å². The smallest absolute Gasteiger partial charge is 0.349 e. The van der Waals surface area contributed by atoms with Gasteiger partial charge in [0, 0.05) is 59.1 Å². The van der Waals surface area contributed by atoms with Gasteiger partial charge in [-0.2, -0.15) is 5.26 Å². The number of hydrogen-bond acceptors (Lipinski definition) is 5. The van der Waals surface area contributed by atoms with E-state index in [1.165, 1.54) is 6.08 Å². The predicted molar refractivity (Wildman–Crippen MR) is 144 cm³/mol. The summed E-state index contributed by atoms with van der Waals surface area (Å²) in [5.41, 5.74) is 5.29. The number of carbonyl (C=O) groups excluding carboxylic acids is 2. The molecule has 37 heavy (non-hydrogen) atoms. The quantitative estimate of drug-likeness (QED) is 0.200. The van der Waals surface area contributed by atoms with Crippen molar-refractivity contribution in [1.29, 1.82) is 5.26 Å². The Morgan fingerprint density at radius 3 is 2.54 bits per heavy atom. The van der Waals surface area contributed by atoms with Crippen molar-refractivity contribution in [3.63, 3.8) is 0 Å². The number of esters is 1. The first-order valence-corrected chi connectivity index (χ1v) is 12.1. The number of nitriles is 1. The molecule has 0 unspecified atom stereocenters. The van der Waals surface area contributed by atoms with Crippen molar-refractivity contribution in [3.05, 3.63) is 71.1 Å². The van der Waals surface area contributed by atoms with Gasteiger partial charge in [0.25, 0.3) is 5.91 Å². The van der Waals surface area contributed by atoms with Crippen LogP contribution in [-0.2, 0) is 32.2 Å². The van der Waals surface area contributed by atoms with Crippen molar-refractivity contribution >= 4 is 45.4 Å². The number of aromatic nitrogens is 2. The number of methoxy groups -OCH3 is 1. The highest BCUT2D eigenvalue weighted by atomic mass is 16.5. The lowest BCUT2D eigenvalue weighted by atomic mass is 10.1. The van der Waals surface area contributed by atoms with E-state index in [1.54, 1.807) is 7.11 Å². The van der Waals surface area contributed by atoms with Crippen molar-refractivity contribution in [2.75, 3.05) is 25.6 Å². The molecule has 190 valence electrons. The van der Waals surface area contributed by atoms with Crippen LogP contribution in [-0.4, -0.2) is 41.3 Å². The summed E-state index contributed by atoms with van der Waals surface area (Å²) in [6.07, 6.45) is 1.49. The molecule has 2 aromatic carbocycles. The third-order valence-corrected chi connectivity index (χ3v) is 6.48. The number of para-hydroxylation sites is 1. The Bertz CT molecular complexity index is 1550. The van der Waals surface area contributed by atoms with E-state index in [9.17, 15) is 14.9 Å². The van der Waals surface area contributed by atoms with E-state index in [0.29, 0.717) is 18.8 Å². The van der Waals surface area contributed by atoms with Gasteiger partial charge < -0.3 is 23.9 Å². The van der Waals surface area contributed by atoms with Crippen LogP contribution in [0.3, 0.4) is 0 Å². The Balaban J connectivity index is 1.44. The second kappa shape index (κ2) is 11.1. The summed E-state index contributed by atoms with van der Waals surface area (Å²) in [5, 5.41) is 14.4. The van der Waals surface area contributed by atoms with Crippen molar-refractivity contribution in [2.45, 2.75) is 33.9 Å². The Kier molecular flexibility index (Phi) is 7.75. The summed E-state index contributed by atoms with van der Waals surface area (Å²) < 4.78 is 14.6. The van der Waals surface area contributed by atoms with Gasteiger partial charge in [0.05, 0.1) is 6.61 Å². The maximum atomic E-state index is 12.5. The number of carbonyl (C=O) groups is 2. The minimum atomic E-state index is -0.846. The fraction of sp³-hybridized carbons (Fsp3) is 0.276. The lowest BCUT2D eigenvalue weighted by molar-refractivity contribution is -0.142. The standard InChI is InChI=1S/C29H30N4O4/c1-5-32-26-9-7-6-8-24(26)25-16-23(10-11-27(25)32)31-28(34)18-37-29(35)22(17-30)15-21-14-19(2)33(20(21)3)12-13-36-4/h6-11,14-16H,5,12-13,18H2,1-4H3,(H,31,34)/b22-15+. The number of anilines is 1. The SMILES string of the molecule is CCn1c2ccccc2c2cc(NC(=O)COC(=O)/C(C#N)=C/c3cc(C)n(CCOC)c3C)ccc21. The maximum Gasteiger partial charge on any atom is 0.349 e. The number of ether oxygens (including phenoxy) is 2. The topological polar surface area (TPSA) is 98.3 Å². The minimum absolute atomic E-state index is 0.173. The lowest BCUT2D eigenvalue weighted by Crippen LogP contribution is -2.21. The number of hydrogen-bond donors (Lipinski definition) is 1. The molecule has 1 amide bonds. The van der Waals surface area contributed by atoms with Gasteiger partial charge in [-0.1, -0.05) is 18.2 Å². The molecule has 0 spiro atoms. The molecule has 0 saturated heterocycles. The van der Waals surface area contributed by atoms with E-state index in [-0.39, 0.29) is 5.57 Å². The van der Waals surface area contributed by atoms with E-state index in [0.717, 1.165) is 45.3 Å². The van der Waals surface area contributed by atoms with Gasteiger partial charge >= 0.3 is 5.97 Å². The molecule has 0 aliphatic carbocycles. The number of aryl methyl sites for hydroxylation is 2. The van der Waals surface area contributed by atoms with Crippen molar-refractivity contribution in [1.82, 2.24) is 9.13 Å². The molecule has 2 aromatic heterocycles. The van der Waals surface area contributed by atoms with Crippen LogP contribution >= 0.6 is 0 Å². The molecular formula is C29H30N4O4. The Labute approximate surface area is 215 Å². The van der Waals surface area contributed by atoms with Crippen LogP contribution in [0.25, 0.3) is 27.9 Å². The monoisotopic (exact) mass is 498 g/mol. The van der Waals surface area contributed by atoms with Gasteiger partial charge in [-0.15, -0.1) is 0 Å². The number of fused-ring (bicyclic) bond motifs is 3. The fourth-order valence-electron chi connectivity index (χ4n) is 4.67. The Morgan fingerprint density at radius 1 is 1.05 bits per heavy atom. The first-order valence-electron chi connectivity index (χ1n) is 12.1. The van der Waals surface area contributed by atoms with Gasteiger partial charge in [0.2, 0.25) is 0 Å². The molecule has 8 nitrogen and oxygen atoms in total. The second-order valence-electron chi connectivity index (χ2n) is 8.76. The average molecular weight is 499 g/mol. The summed E-state index contributed by atoms with van der Waals surface area (Å²) in [5.74, 6) is -1.33. The van der Waals surface area contributed by atoms with Crippen LogP contribution in [0.15, 0.2) is 54.1 Å². The van der Waals surface area contributed by atoms with Gasteiger partial charge in [-0.3, -0.25) is 4.79 Å². The molecular weight excluding hydrogens is 468 g/mol. The summed E-state index contributed by atoms with van der Waals surface area (Å²) in [4.78, 5) is 25.1. The van der Waals surface area contributed by atoms with Crippen LogP contribution in [0, 0.1) is 25.2 Å². The molecule has 0 aliphatic rings. The average Bonchev–Trinajstić information content (AvgIpc) is 3.36. The number of rotatable bonds is 9. The normalized spacial score (nSPS) is 11.6. The number of benzene rings is 2. The lowest BCUT2D eigenvalue weighted by Gasteiger charge is -2.08. The molecule has 0 fully saturated rings. The molecule has 4 rings (SSSR count). The third kappa shape index (κ3) is 5.27. The fourth-order valence-corrected chi connectivity index (χ4v) is 4.67. The predicted octanol–water partition coefficient (Wildman–Crippen LogP) is 4.97. The molecule has 0 radical (unpaired) electrons. The number of nitrogens with zero attached hydrogens (tertiary/aromatic N) is 3. The molecule has 0 saturated carbocycles. The van der Waals surface area contributed by atoms with E-state index in [2.05, 4.69) is 33.5 Å². The molecule has 8 heteroatoms. The molecule has 1 N–H and O–H groups in total. The van der Waals surface area contributed by atoms with Crippen LogP contribution in [0.1, 0.15) is 23.9 Å². The number of amides is 1. The molecule has 2 heterocycles. The molecule has 0 bridgehead atoms. The Hall–Kier alpha value is -4.35. The van der Waals surface area contributed by atoms with Gasteiger partial charge in [-0.05, 0) is 62.7 Å². The second-order valence-corrected chi connectivity index (χ2v) is 8.76. The summed E-state index contributed by atoms with van der Waals surface area (Å²) >= 11 is 0. The summed E-state index contributed by atoms with van der Waals surface area (Å²) in [6.45, 7) is 7.51. The third-order valence-electron chi connectivity index (χ3n) is 6.48. The van der Waals surface area contributed by atoms with E-state index in [1.807, 2.05) is 56.3 Å². The van der Waals surface area contributed by atoms with Gasteiger partial charge in [-0.25, -0.2) is 4.79 Å². The zero-order valence-corrected chi connectivity index (χ0v) is 21.5. The molecule has 4 aromatic rings. The van der Waals surface area contributed by atoms with Crippen LogP contribution < -0.4 is 5.32 Å². The van der Waals surface area contributed by atoms with Crippen LogP contribution in [0.5, 0.6) is 0 Å². The summed E-state index contributed by atoms with van der Waals surface area (Å²) in [6, 6.07) is 17.6. The highest BCUT2D eigenvalue weighted by Crippen LogP contribution is 2.31. The zero-order valence-electron chi connectivity index (χ0n) is 21.5. The first kappa shape index (κ1) is 25.7. The van der Waals surface area contributed by atoms with Crippen LogP contribution in [0.4, 0.5) is 5.69 Å². The van der Waals surface area contributed by atoms with E-state index >= 15 is 0 Å². The van der Waals surface area contributed by atoms with E-state index < -0.39 is 18.5 Å². The summed E-state index contributed by atoms with van der Waals surface area (Å²) in [7, 11) is 1.64. The van der Waals surface area contributed by atoms with Gasteiger partial charge in [0.1, 0.15) is 11.6 Å². The number of nitrogens with one attached hydrogen (secondary N) is 1. The maximum absolute atomic E-state index is 12.5. The molecule has 0 atom stereocenters. The zero-order chi connectivity index (χ0) is 26.5. The van der Waals surface area contributed by atoms with Crippen molar-refractivity contribution in [3.8, 4) is 6.07 Å². The van der Waals surface area contributed by atoms with Crippen molar-refractivity contribution < 1.29 is 19.1 Å². The van der Waals surface area contributed by atoms with Crippen LogP contribution in [0.2, 0.25) is 0 Å². The first-order chi connectivity index (χ1) is 17.9. The molecule has 0 aliphatic heterocycles. The largest absolute Gasteiger partial charge is 0.451 e. The van der Waals surface area contributed by atoms with Crippen molar-refractivity contribution in [2.24, 2.45) is 0 Å². The minimum Gasteiger partial charge on any atom is -0.451 e. The van der Waals surface area contributed by atoms with Gasteiger partial charge in [0.15, 0.2) is 6.61 Å². The Morgan fingerprint density at radius 2 is 1.81 bits per heavy atom.